The summed E-state index contributed by atoms with van der Waals surface area (Å²) >= 11 is 9.95. The normalized spacial score (nSPS) is 32.1. The van der Waals surface area contributed by atoms with Crippen LogP contribution in [0.4, 0.5) is 0 Å². The number of rotatable bonds is 5. The molecule has 0 bridgehead atoms. The van der Waals surface area contributed by atoms with Crippen LogP contribution in [0.15, 0.2) is 48.5 Å². The van der Waals surface area contributed by atoms with Gasteiger partial charge in [0.05, 0.1) is 12.7 Å². The minimum absolute atomic E-state index is 0.00628. The maximum absolute atomic E-state index is 6.61. The summed E-state index contributed by atoms with van der Waals surface area (Å²) in [5.41, 5.74) is 2.97. The Balaban J connectivity index is 1.63. The van der Waals surface area contributed by atoms with Gasteiger partial charge >= 0.3 is 0 Å². The van der Waals surface area contributed by atoms with Crippen molar-refractivity contribution in [1.29, 1.82) is 0 Å². The molecule has 2 aromatic rings. The lowest BCUT2D eigenvalue weighted by molar-refractivity contribution is -0.149. The van der Waals surface area contributed by atoms with E-state index >= 15 is 0 Å². The molecule has 0 aromatic heterocycles. The molecule has 1 fully saturated rings. The largest absolute Gasteiger partial charge is 0.368 e. The molecule has 27 heavy (non-hydrogen) atoms. The first kappa shape index (κ1) is 19.4. The molecular formula is C22H24BrClO3. The Bertz CT molecular complexity index is 814. The number of hydrogen-bond acceptors (Lipinski definition) is 3. The summed E-state index contributed by atoms with van der Waals surface area (Å²) in [7, 11) is 0. The van der Waals surface area contributed by atoms with Gasteiger partial charge in [-0.05, 0) is 36.1 Å². The van der Waals surface area contributed by atoms with E-state index in [0.29, 0.717) is 11.9 Å². The molecule has 3 nitrogen and oxygen atoms in total. The second-order valence-electron chi connectivity index (χ2n) is 7.40. The third kappa shape index (κ3) is 3.47. The van der Waals surface area contributed by atoms with E-state index in [4.69, 9.17) is 25.8 Å². The number of alkyl halides is 1. The first-order valence-corrected chi connectivity index (χ1v) is 10.9. The van der Waals surface area contributed by atoms with Crippen molar-refractivity contribution in [2.45, 2.75) is 56.9 Å². The van der Waals surface area contributed by atoms with Crippen molar-refractivity contribution in [1.82, 2.24) is 0 Å². The van der Waals surface area contributed by atoms with Crippen LogP contribution in [0.3, 0.4) is 0 Å². The number of fused-ring (bicyclic) bond motifs is 3. The van der Waals surface area contributed by atoms with Gasteiger partial charge in [-0.2, -0.15) is 0 Å². The maximum Gasteiger partial charge on any atom is 0.118 e. The van der Waals surface area contributed by atoms with Gasteiger partial charge in [-0.3, -0.25) is 0 Å². The van der Waals surface area contributed by atoms with E-state index in [0.717, 1.165) is 17.0 Å². The van der Waals surface area contributed by atoms with Crippen LogP contribution in [0.2, 0.25) is 5.02 Å². The molecule has 144 valence electrons. The van der Waals surface area contributed by atoms with Crippen LogP contribution in [0.5, 0.6) is 0 Å². The van der Waals surface area contributed by atoms with Crippen LogP contribution in [0, 0.1) is 0 Å². The van der Waals surface area contributed by atoms with Gasteiger partial charge in [-0.1, -0.05) is 76.9 Å². The van der Waals surface area contributed by atoms with Gasteiger partial charge in [-0.25, -0.2) is 0 Å². The molecule has 2 aromatic carbocycles. The summed E-state index contributed by atoms with van der Waals surface area (Å²) in [4.78, 5) is 0. The van der Waals surface area contributed by atoms with Gasteiger partial charge in [0.2, 0.25) is 0 Å². The second kappa shape index (κ2) is 7.84. The van der Waals surface area contributed by atoms with Crippen molar-refractivity contribution in [3.63, 3.8) is 0 Å². The fraction of sp³-hybridized carbons (Fsp3) is 0.455. The molecule has 0 saturated carbocycles. The van der Waals surface area contributed by atoms with Crippen molar-refractivity contribution in [2.75, 3.05) is 5.33 Å². The molecule has 2 aliphatic heterocycles. The van der Waals surface area contributed by atoms with Crippen molar-refractivity contribution in [2.24, 2.45) is 0 Å². The minimum Gasteiger partial charge on any atom is -0.368 e. The van der Waals surface area contributed by atoms with E-state index in [2.05, 4.69) is 54.0 Å². The van der Waals surface area contributed by atoms with Gasteiger partial charge in [0.25, 0.3) is 0 Å². The molecule has 5 atom stereocenters. The SMILES string of the molecule is CC[C@H]1O[C@@H]2c3ccccc3C(C)(CBr)O[C@@H]2[C@H]1OCc1ccccc1Cl. The molecule has 4 rings (SSSR count). The molecule has 0 N–H and O–H groups in total. The zero-order valence-electron chi connectivity index (χ0n) is 15.5. The van der Waals surface area contributed by atoms with Crippen LogP contribution in [0.25, 0.3) is 0 Å². The summed E-state index contributed by atoms with van der Waals surface area (Å²) in [6.45, 7) is 4.70. The van der Waals surface area contributed by atoms with Crippen LogP contribution in [0.1, 0.15) is 43.1 Å². The first-order valence-electron chi connectivity index (χ1n) is 9.41. The number of benzene rings is 2. The smallest absolute Gasteiger partial charge is 0.118 e. The quantitative estimate of drug-likeness (QED) is 0.539. The summed E-state index contributed by atoms with van der Waals surface area (Å²) in [6.07, 6.45) is 0.483. The van der Waals surface area contributed by atoms with E-state index < -0.39 is 5.60 Å². The second-order valence-corrected chi connectivity index (χ2v) is 8.37. The predicted octanol–water partition coefficient (Wildman–Crippen LogP) is 5.78. The summed E-state index contributed by atoms with van der Waals surface area (Å²) in [6, 6.07) is 16.2. The minimum atomic E-state index is -0.407. The van der Waals surface area contributed by atoms with E-state index in [1.807, 2.05) is 24.3 Å². The molecule has 0 amide bonds. The fourth-order valence-electron chi connectivity index (χ4n) is 4.13. The molecule has 0 spiro atoms. The fourth-order valence-corrected chi connectivity index (χ4v) is 4.76. The maximum atomic E-state index is 6.61. The Morgan fingerprint density at radius 2 is 1.89 bits per heavy atom. The Kier molecular flexibility index (Phi) is 5.64. The summed E-state index contributed by atoms with van der Waals surface area (Å²) < 4.78 is 19.4. The average molecular weight is 452 g/mol. The van der Waals surface area contributed by atoms with E-state index in [1.165, 1.54) is 11.1 Å². The van der Waals surface area contributed by atoms with Gasteiger partial charge in [0, 0.05) is 10.4 Å². The van der Waals surface area contributed by atoms with Gasteiger partial charge < -0.3 is 14.2 Å². The highest BCUT2D eigenvalue weighted by Crippen LogP contribution is 2.49. The molecule has 0 radical (unpaired) electrons. The number of halogens is 2. The highest BCUT2D eigenvalue weighted by Gasteiger charge is 2.53. The zero-order valence-corrected chi connectivity index (χ0v) is 17.9. The van der Waals surface area contributed by atoms with Gasteiger partial charge in [0.1, 0.15) is 23.9 Å². The number of ether oxygens (including phenoxy) is 3. The molecule has 1 saturated heterocycles. The van der Waals surface area contributed by atoms with E-state index in [-0.39, 0.29) is 24.4 Å². The average Bonchev–Trinajstić information content (AvgIpc) is 3.05. The highest BCUT2D eigenvalue weighted by molar-refractivity contribution is 9.09. The van der Waals surface area contributed by atoms with Crippen LogP contribution >= 0.6 is 27.5 Å². The standard InChI is InChI=1S/C22H24BrClO3/c1-3-18-20(25-12-14-8-4-7-11-17(14)24)21-19(26-18)15-9-5-6-10-16(15)22(2,13-23)27-21/h4-11,18-21H,3,12-13H2,1-2H3/t18-,19-,20+,21+,22?/m1/s1. The van der Waals surface area contributed by atoms with Gasteiger partial charge in [0.15, 0.2) is 0 Å². The topological polar surface area (TPSA) is 27.7 Å². The van der Waals surface area contributed by atoms with Crippen LogP contribution in [-0.2, 0) is 26.4 Å². The third-order valence-electron chi connectivity index (χ3n) is 5.59. The van der Waals surface area contributed by atoms with Crippen molar-refractivity contribution >= 4 is 27.5 Å². The Morgan fingerprint density at radius 1 is 1.15 bits per heavy atom. The van der Waals surface area contributed by atoms with Crippen molar-refractivity contribution < 1.29 is 14.2 Å². The Labute approximate surface area is 174 Å². The molecule has 0 aliphatic carbocycles. The lowest BCUT2D eigenvalue weighted by Crippen LogP contribution is -2.45. The summed E-state index contributed by atoms with van der Waals surface area (Å²) in [5.74, 6) is 0. The van der Waals surface area contributed by atoms with Gasteiger partial charge in [-0.15, -0.1) is 0 Å². The predicted molar refractivity (Wildman–Crippen MR) is 110 cm³/mol. The molecule has 2 aliphatic rings. The summed E-state index contributed by atoms with van der Waals surface area (Å²) in [5, 5.41) is 1.44. The molecule has 1 unspecified atom stereocenters. The third-order valence-corrected chi connectivity index (χ3v) is 7.03. The molecular weight excluding hydrogens is 428 g/mol. The lowest BCUT2D eigenvalue weighted by atomic mass is 9.84. The zero-order chi connectivity index (χ0) is 19.0. The Morgan fingerprint density at radius 3 is 2.63 bits per heavy atom. The monoisotopic (exact) mass is 450 g/mol. The van der Waals surface area contributed by atoms with Crippen LogP contribution < -0.4 is 0 Å². The molecule has 5 heteroatoms. The highest BCUT2D eigenvalue weighted by atomic mass is 79.9. The Hall–Kier alpha value is -0.910. The first-order chi connectivity index (χ1) is 13.1. The van der Waals surface area contributed by atoms with E-state index in [1.54, 1.807) is 0 Å². The van der Waals surface area contributed by atoms with E-state index in [9.17, 15) is 0 Å². The lowest BCUT2D eigenvalue weighted by Gasteiger charge is -2.41. The molecule has 2 heterocycles. The number of hydrogen-bond donors (Lipinski definition) is 0. The van der Waals surface area contributed by atoms with Crippen molar-refractivity contribution in [3.05, 3.63) is 70.2 Å². The van der Waals surface area contributed by atoms with Crippen molar-refractivity contribution in [3.8, 4) is 0 Å². The van der Waals surface area contributed by atoms with Crippen LogP contribution in [-0.4, -0.2) is 23.6 Å².